The molecule has 0 bridgehead atoms. The molecule has 0 heteroatoms. The van der Waals surface area contributed by atoms with Crippen molar-refractivity contribution in [3.05, 3.63) is 12.2 Å². The second-order valence-electron chi connectivity index (χ2n) is 4.09. The minimum atomic E-state index is 0.889. The predicted octanol–water partition coefficient (Wildman–Crippen LogP) is 3.78. The fraction of sp³-hybridized carbons (Fsp3) is 0.818. The Balaban J connectivity index is 1.98. The lowest BCUT2D eigenvalue weighted by atomic mass is 9.98. The molecule has 64 valence electrons. The molecule has 0 nitrogen and oxygen atoms in total. The van der Waals surface area contributed by atoms with Crippen LogP contribution in [0, 0.1) is 11.8 Å². The zero-order valence-corrected chi connectivity index (χ0v) is 7.84. The molecule has 1 aliphatic rings. The van der Waals surface area contributed by atoms with Crippen molar-refractivity contribution in [3.63, 3.8) is 0 Å². The highest BCUT2D eigenvalue weighted by Gasteiger charge is 2.08. The maximum absolute atomic E-state index is 2.40. The summed E-state index contributed by atoms with van der Waals surface area (Å²) < 4.78 is 0. The van der Waals surface area contributed by atoms with Crippen LogP contribution in [0.1, 0.15) is 46.0 Å². The molecule has 0 aliphatic heterocycles. The van der Waals surface area contributed by atoms with E-state index >= 15 is 0 Å². The number of hydrogen-bond acceptors (Lipinski definition) is 0. The van der Waals surface area contributed by atoms with Gasteiger partial charge in [-0.15, -0.1) is 0 Å². The molecule has 0 heterocycles. The largest absolute Gasteiger partial charge is 0.0882 e. The lowest BCUT2D eigenvalue weighted by Crippen LogP contribution is -1.94. The van der Waals surface area contributed by atoms with E-state index in [0.717, 1.165) is 11.8 Å². The van der Waals surface area contributed by atoms with Gasteiger partial charge in [0.1, 0.15) is 0 Å². The summed E-state index contributed by atoms with van der Waals surface area (Å²) in [6.45, 7) is 4.62. The average Bonchev–Trinajstić information content (AvgIpc) is 2.39. The van der Waals surface area contributed by atoms with E-state index in [9.17, 15) is 0 Å². The Labute approximate surface area is 70.7 Å². The van der Waals surface area contributed by atoms with E-state index in [-0.39, 0.29) is 0 Å². The molecule has 0 aromatic carbocycles. The second kappa shape index (κ2) is 4.58. The van der Waals surface area contributed by atoms with Crippen LogP contribution in [0.4, 0.5) is 0 Å². The van der Waals surface area contributed by atoms with Crippen LogP contribution in [0.25, 0.3) is 0 Å². The first-order chi connectivity index (χ1) is 5.29. The first-order valence-electron chi connectivity index (χ1n) is 4.95. The van der Waals surface area contributed by atoms with Gasteiger partial charge in [-0.2, -0.15) is 0 Å². The standard InChI is InChI=1S/C11H20/c1-10(2)6-5-9-11-7-3-4-8-11/h3,7,10-11H,4-6,8-9H2,1-2H3. The predicted molar refractivity (Wildman–Crippen MR) is 50.6 cm³/mol. The van der Waals surface area contributed by atoms with Crippen molar-refractivity contribution in [2.45, 2.75) is 46.0 Å². The zero-order chi connectivity index (χ0) is 8.10. The van der Waals surface area contributed by atoms with Gasteiger partial charge < -0.3 is 0 Å². The van der Waals surface area contributed by atoms with Gasteiger partial charge in [0.2, 0.25) is 0 Å². The van der Waals surface area contributed by atoms with E-state index in [4.69, 9.17) is 0 Å². The van der Waals surface area contributed by atoms with Gasteiger partial charge in [0.25, 0.3) is 0 Å². The van der Waals surface area contributed by atoms with Crippen molar-refractivity contribution < 1.29 is 0 Å². The molecule has 1 atom stereocenters. The Morgan fingerprint density at radius 2 is 2.27 bits per heavy atom. The van der Waals surface area contributed by atoms with Crippen molar-refractivity contribution in [2.75, 3.05) is 0 Å². The molecule has 0 fully saturated rings. The summed E-state index contributed by atoms with van der Waals surface area (Å²) >= 11 is 0. The van der Waals surface area contributed by atoms with Crippen LogP contribution in [0.2, 0.25) is 0 Å². The van der Waals surface area contributed by atoms with Gasteiger partial charge in [-0.25, -0.2) is 0 Å². The third-order valence-corrected chi connectivity index (χ3v) is 2.47. The van der Waals surface area contributed by atoms with E-state index in [1.54, 1.807) is 0 Å². The molecule has 1 aliphatic carbocycles. The number of hydrogen-bond donors (Lipinski definition) is 0. The zero-order valence-electron chi connectivity index (χ0n) is 7.84. The third kappa shape index (κ3) is 3.60. The molecule has 0 radical (unpaired) electrons. The van der Waals surface area contributed by atoms with Crippen LogP contribution in [0.15, 0.2) is 12.2 Å². The van der Waals surface area contributed by atoms with Crippen molar-refractivity contribution in [2.24, 2.45) is 11.8 Å². The fourth-order valence-electron chi connectivity index (χ4n) is 1.72. The third-order valence-electron chi connectivity index (χ3n) is 2.47. The van der Waals surface area contributed by atoms with E-state index in [0.29, 0.717) is 0 Å². The lowest BCUT2D eigenvalue weighted by molar-refractivity contribution is 0.480. The Hall–Kier alpha value is -0.260. The van der Waals surface area contributed by atoms with Gasteiger partial charge in [-0.3, -0.25) is 0 Å². The van der Waals surface area contributed by atoms with Crippen LogP contribution >= 0.6 is 0 Å². The molecule has 0 saturated carbocycles. The average molecular weight is 152 g/mol. The second-order valence-corrected chi connectivity index (χ2v) is 4.09. The van der Waals surface area contributed by atoms with E-state index in [1.807, 2.05) is 0 Å². The van der Waals surface area contributed by atoms with Crippen LogP contribution in [0.3, 0.4) is 0 Å². The molecular formula is C11H20. The Bertz CT molecular complexity index is 122. The Morgan fingerprint density at radius 3 is 2.82 bits per heavy atom. The van der Waals surface area contributed by atoms with Crippen LogP contribution in [0.5, 0.6) is 0 Å². The molecule has 0 aromatic rings. The van der Waals surface area contributed by atoms with Crippen molar-refractivity contribution in [1.82, 2.24) is 0 Å². The maximum atomic E-state index is 2.40. The molecule has 11 heavy (non-hydrogen) atoms. The normalized spacial score (nSPS) is 23.4. The van der Waals surface area contributed by atoms with E-state index in [2.05, 4.69) is 26.0 Å². The van der Waals surface area contributed by atoms with Crippen LogP contribution < -0.4 is 0 Å². The maximum Gasteiger partial charge on any atom is -0.0231 e. The molecule has 0 aromatic heterocycles. The SMILES string of the molecule is CC(C)CCCC1C=CCC1. The summed E-state index contributed by atoms with van der Waals surface area (Å²) in [6.07, 6.45) is 11.7. The topological polar surface area (TPSA) is 0 Å². The summed E-state index contributed by atoms with van der Waals surface area (Å²) in [5.74, 6) is 1.81. The highest BCUT2D eigenvalue weighted by Crippen LogP contribution is 2.23. The van der Waals surface area contributed by atoms with Crippen LogP contribution in [-0.4, -0.2) is 0 Å². The van der Waals surface area contributed by atoms with Gasteiger partial charge in [0, 0.05) is 0 Å². The van der Waals surface area contributed by atoms with Gasteiger partial charge >= 0.3 is 0 Å². The molecule has 0 amide bonds. The molecule has 1 rings (SSSR count). The highest BCUT2D eigenvalue weighted by atomic mass is 14.1. The summed E-state index contributed by atoms with van der Waals surface area (Å²) in [7, 11) is 0. The Morgan fingerprint density at radius 1 is 1.45 bits per heavy atom. The van der Waals surface area contributed by atoms with Gasteiger partial charge in [-0.05, 0) is 31.1 Å². The van der Waals surface area contributed by atoms with Crippen molar-refractivity contribution >= 4 is 0 Å². The van der Waals surface area contributed by atoms with Crippen molar-refractivity contribution in [1.29, 1.82) is 0 Å². The number of allylic oxidation sites excluding steroid dienone is 2. The quantitative estimate of drug-likeness (QED) is 0.538. The van der Waals surface area contributed by atoms with E-state index in [1.165, 1.54) is 32.1 Å². The lowest BCUT2D eigenvalue weighted by Gasteiger charge is -2.08. The summed E-state index contributed by atoms with van der Waals surface area (Å²) in [6, 6.07) is 0. The fourth-order valence-corrected chi connectivity index (χ4v) is 1.72. The van der Waals surface area contributed by atoms with Crippen LogP contribution in [-0.2, 0) is 0 Å². The molecule has 0 spiro atoms. The molecule has 1 unspecified atom stereocenters. The smallest absolute Gasteiger partial charge is 0.0231 e. The van der Waals surface area contributed by atoms with Gasteiger partial charge in [0.05, 0.1) is 0 Å². The number of rotatable bonds is 4. The molecular weight excluding hydrogens is 132 g/mol. The monoisotopic (exact) mass is 152 g/mol. The van der Waals surface area contributed by atoms with Crippen molar-refractivity contribution in [3.8, 4) is 0 Å². The first kappa shape index (κ1) is 8.83. The Kier molecular flexibility index (Phi) is 3.68. The minimum absolute atomic E-state index is 0.889. The minimum Gasteiger partial charge on any atom is -0.0882 e. The first-order valence-corrected chi connectivity index (χ1v) is 4.95. The highest BCUT2D eigenvalue weighted by molar-refractivity contribution is 4.95. The summed E-state index contributed by atoms with van der Waals surface area (Å²) in [5.41, 5.74) is 0. The summed E-state index contributed by atoms with van der Waals surface area (Å²) in [4.78, 5) is 0. The van der Waals surface area contributed by atoms with Gasteiger partial charge in [-0.1, -0.05) is 38.8 Å². The molecule has 0 N–H and O–H groups in total. The molecule has 0 saturated heterocycles. The van der Waals surface area contributed by atoms with Gasteiger partial charge in [0.15, 0.2) is 0 Å². The van der Waals surface area contributed by atoms with E-state index < -0.39 is 0 Å². The summed E-state index contributed by atoms with van der Waals surface area (Å²) in [5, 5.41) is 0.